The number of hydrogen-bond donors (Lipinski definition) is 1. The molecule has 0 radical (unpaired) electrons. The number of carbonyl (C=O) groups is 2. The average Bonchev–Trinajstić information content (AvgIpc) is 3.10. The molecular weight excluding hydrogens is 419 g/mol. The van der Waals surface area contributed by atoms with Crippen molar-refractivity contribution < 1.29 is 18.7 Å². The molecule has 4 rings (SSSR count). The number of amides is 1. The van der Waals surface area contributed by atoms with Crippen molar-refractivity contribution in [3.8, 4) is 5.75 Å². The third kappa shape index (κ3) is 4.51. The number of hydrogen-bond acceptors (Lipinski definition) is 3. The van der Waals surface area contributed by atoms with Crippen LogP contribution < -0.4 is 10.1 Å². The van der Waals surface area contributed by atoms with Gasteiger partial charge in [0.15, 0.2) is 0 Å². The minimum absolute atomic E-state index is 0.107. The van der Waals surface area contributed by atoms with Crippen molar-refractivity contribution in [2.24, 2.45) is 0 Å². The Balaban J connectivity index is 1.65. The third-order valence-corrected chi connectivity index (χ3v) is 5.81. The van der Waals surface area contributed by atoms with Gasteiger partial charge in [0.05, 0.1) is 12.6 Å². The summed E-state index contributed by atoms with van der Waals surface area (Å²) < 4.78 is 20.2. The summed E-state index contributed by atoms with van der Waals surface area (Å²) in [6, 6.07) is 18.6. The van der Waals surface area contributed by atoms with Crippen LogP contribution in [0.5, 0.6) is 5.75 Å². The van der Waals surface area contributed by atoms with E-state index in [1.54, 1.807) is 11.7 Å². The van der Waals surface area contributed by atoms with Gasteiger partial charge in [0.2, 0.25) is 0 Å². The molecule has 0 saturated heterocycles. The van der Waals surface area contributed by atoms with Gasteiger partial charge in [-0.2, -0.15) is 0 Å². The minimum Gasteiger partial charge on any atom is -0.497 e. The second-order valence-electron chi connectivity index (χ2n) is 7.97. The van der Waals surface area contributed by atoms with E-state index in [0.717, 1.165) is 27.7 Å². The molecule has 1 aromatic heterocycles. The van der Waals surface area contributed by atoms with Crippen LogP contribution in [0, 0.1) is 19.7 Å². The van der Waals surface area contributed by atoms with E-state index >= 15 is 0 Å². The van der Waals surface area contributed by atoms with Gasteiger partial charge in [-0.15, -0.1) is 0 Å². The second kappa shape index (κ2) is 9.28. The molecule has 0 aliphatic rings. The molecule has 0 spiro atoms. The summed E-state index contributed by atoms with van der Waals surface area (Å²) in [5.74, 6) is -0.0739. The van der Waals surface area contributed by atoms with Crippen LogP contribution in [-0.2, 0) is 6.42 Å². The van der Waals surface area contributed by atoms with Crippen molar-refractivity contribution in [3.63, 3.8) is 0 Å². The highest BCUT2D eigenvalue weighted by Gasteiger charge is 2.20. The molecule has 4 aromatic rings. The number of rotatable bonds is 6. The Kier molecular flexibility index (Phi) is 6.27. The van der Waals surface area contributed by atoms with Crippen LogP contribution in [0.2, 0.25) is 0 Å². The summed E-state index contributed by atoms with van der Waals surface area (Å²) in [6.45, 7) is 4.26. The smallest absolute Gasteiger partial charge is 0.262 e. The molecule has 1 heterocycles. The molecule has 0 unspecified atom stereocenters. The summed E-state index contributed by atoms with van der Waals surface area (Å²) in [5.41, 5.74) is 4.66. The Labute approximate surface area is 191 Å². The standard InChI is InChI=1S/C27H25FN2O3/c1-17-4-6-20(7-5-17)27(32)30-18(2)23(24-16-22(33-3)12-13-25(24)30)14-15-29-26(31)19-8-10-21(28)11-9-19/h4-13,16H,14-15H2,1-3H3,(H,29,31). The SMILES string of the molecule is COc1ccc2c(c1)c(CCNC(=O)c1ccc(F)cc1)c(C)n2C(=O)c1ccc(C)cc1. The van der Waals surface area contributed by atoms with Crippen molar-refractivity contribution in [1.29, 1.82) is 0 Å². The maximum Gasteiger partial charge on any atom is 0.262 e. The number of aryl methyl sites for hydroxylation is 1. The first-order valence-corrected chi connectivity index (χ1v) is 10.7. The minimum atomic E-state index is -0.387. The molecule has 1 amide bonds. The van der Waals surface area contributed by atoms with E-state index in [1.165, 1.54) is 24.3 Å². The maximum atomic E-state index is 13.4. The molecule has 168 valence electrons. The average molecular weight is 445 g/mol. The van der Waals surface area contributed by atoms with Crippen LogP contribution in [0.1, 0.15) is 37.5 Å². The van der Waals surface area contributed by atoms with E-state index in [1.807, 2.05) is 56.3 Å². The molecule has 0 bridgehead atoms. The largest absolute Gasteiger partial charge is 0.497 e. The molecule has 0 saturated carbocycles. The van der Waals surface area contributed by atoms with E-state index < -0.39 is 0 Å². The summed E-state index contributed by atoms with van der Waals surface area (Å²) in [7, 11) is 1.60. The van der Waals surface area contributed by atoms with Crippen molar-refractivity contribution >= 4 is 22.7 Å². The fourth-order valence-electron chi connectivity index (χ4n) is 4.00. The molecule has 6 heteroatoms. The number of fused-ring (bicyclic) bond motifs is 1. The molecule has 33 heavy (non-hydrogen) atoms. The van der Waals surface area contributed by atoms with E-state index in [4.69, 9.17) is 4.74 Å². The zero-order valence-corrected chi connectivity index (χ0v) is 18.8. The lowest BCUT2D eigenvalue weighted by molar-refractivity contribution is 0.0947. The third-order valence-electron chi connectivity index (χ3n) is 5.81. The number of benzene rings is 3. The van der Waals surface area contributed by atoms with Crippen molar-refractivity contribution in [2.75, 3.05) is 13.7 Å². The molecule has 0 aliphatic carbocycles. The lowest BCUT2D eigenvalue weighted by Crippen LogP contribution is -2.25. The summed E-state index contributed by atoms with van der Waals surface area (Å²) in [6.07, 6.45) is 0.524. The van der Waals surface area contributed by atoms with Gasteiger partial charge in [0, 0.05) is 28.8 Å². The lowest BCUT2D eigenvalue weighted by atomic mass is 10.1. The molecule has 1 N–H and O–H groups in total. The highest BCUT2D eigenvalue weighted by molar-refractivity contribution is 6.04. The molecule has 3 aromatic carbocycles. The van der Waals surface area contributed by atoms with Gasteiger partial charge in [0.1, 0.15) is 11.6 Å². The Morgan fingerprint density at radius 2 is 1.61 bits per heavy atom. The Bertz CT molecular complexity index is 1320. The van der Waals surface area contributed by atoms with E-state index in [2.05, 4.69) is 5.32 Å². The normalized spacial score (nSPS) is 10.9. The lowest BCUT2D eigenvalue weighted by Gasteiger charge is -2.09. The van der Waals surface area contributed by atoms with Gasteiger partial charge < -0.3 is 10.1 Å². The predicted molar refractivity (Wildman–Crippen MR) is 127 cm³/mol. The fraction of sp³-hybridized carbons (Fsp3) is 0.185. The highest BCUT2D eigenvalue weighted by Crippen LogP contribution is 2.30. The second-order valence-corrected chi connectivity index (χ2v) is 7.97. The number of carbonyl (C=O) groups excluding carboxylic acids is 2. The molecular formula is C27H25FN2O3. The van der Waals surface area contributed by atoms with Gasteiger partial charge in [-0.25, -0.2) is 4.39 Å². The van der Waals surface area contributed by atoms with Gasteiger partial charge in [-0.3, -0.25) is 14.2 Å². The van der Waals surface area contributed by atoms with Crippen molar-refractivity contribution in [1.82, 2.24) is 9.88 Å². The Morgan fingerprint density at radius 3 is 2.27 bits per heavy atom. The van der Waals surface area contributed by atoms with Crippen LogP contribution >= 0.6 is 0 Å². The van der Waals surface area contributed by atoms with Crippen molar-refractivity contribution in [3.05, 3.63) is 100 Å². The highest BCUT2D eigenvalue weighted by atomic mass is 19.1. The Hall–Kier alpha value is -3.93. The molecule has 0 aliphatic heterocycles. The topological polar surface area (TPSA) is 60.3 Å². The van der Waals surface area contributed by atoms with Gasteiger partial charge in [-0.05, 0) is 80.4 Å². The number of halogens is 1. The summed E-state index contributed by atoms with van der Waals surface area (Å²) in [5, 5.41) is 3.78. The van der Waals surface area contributed by atoms with Crippen LogP contribution in [0.15, 0.2) is 66.7 Å². The number of ether oxygens (including phenoxy) is 1. The number of nitrogens with one attached hydrogen (secondary N) is 1. The van der Waals surface area contributed by atoms with Gasteiger partial charge >= 0.3 is 0 Å². The molecule has 5 nitrogen and oxygen atoms in total. The van der Waals surface area contributed by atoms with E-state index in [0.29, 0.717) is 29.8 Å². The van der Waals surface area contributed by atoms with Crippen LogP contribution in [0.3, 0.4) is 0 Å². The number of methoxy groups -OCH3 is 1. The van der Waals surface area contributed by atoms with Crippen molar-refractivity contribution in [2.45, 2.75) is 20.3 Å². The first kappa shape index (κ1) is 22.3. The number of nitrogens with zero attached hydrogens (tertiary/aromatic N) is 1. The van der Waals surface area contributed by atoms with Crippen LogP contribution in [0.4, 0.5) is 4.39 Å². The number of aromatic nitrogens is 1. The fourth-order valence-corrected chi connectivity index (χ4v) is 4.00. The molecule has 0 fully saturated rings. The predicted octanol–water partition coefficient (Wildman–Crippen LogP) is 5.07. The van der Waals surface area contributed by atoms with Gasteiger partial charge in [-0.1, -0.05) is 17.7 Å². The van der Waals surface area contributed by atoms with E-state index in [9.17, 15) is 14.0 Å². The van der Waals surface area contributed by atoms with E-state index in [-0.39, 0.29) is 17.6 Å². The first-order chi connectivity index (χ1) is 15.9. The Morgan fingerprint density at radius 1 is 0.939 bits per heavy atom. The van der Waals surface area contributed by atoms with Crippen LogP contribution in [0.25, 0.3) is 10.9 Å². The van der Waals surface area contributed by atoms with Crippen LogP contribution in [-0.4, -0.2) is 30.0 Å². The quantitative estimate of drug-likeness (QED) is 0.452. The zero-order valence-electron chi connectivity index (χ0n) is 18.8. The maximum absolute atomic E-state index is 13.4. The monoisotopic (exact) mass is 444 g/mol. The van der Waals surface area contributed by atoms with Gasteiger partial charge in [0.25, 0.3) is 11.8 Å². The molecule has 0 atom stereocenters. The summed E-state index contributed by atoms with van der Waals surface area (Å²) in [4.78, 5) is 25.8. The zero-order chi connectivity index (χ0) is 23.5. The first-order valence-electron chi connectivity index (χ1n) is 10.7. The summed E-state index contributed by atoms with van der Waals surface area (Å²) >= 11 is 0.